The fraction of sp³-hybridized carbons (Fsp3) is 0.875. The lowest BCUT2D eigenvalue weighted by Gasteiger charge is -2.37. The van der Waals surface area contributed by atoms with Crippen LogP contribution in [0.2, 0.25) is 0 Å². The van der Waals surface area contributed by atoms with Crippen LogP contribution in [-0.2, 0) is 4.79 Å². The molecule has 2 atom stereocenters. The quantitative estimate of drug-likeness (QED) is 0.449. The standard InChI is InChI=1S/C8H14O4/c1-5-6(10)2-8(12,4-9)3-7(5)11/h4-7,10-12H,2-3H2,1H3. The zero-order valence-corrected chi connectivity index (χ0v) is 6.97. The second-order valence-electron chi connectivity index (χ2n) is 3.62. The molecule has 0 saturated heterocycles. The fourth-order valence-electron chi connectivity index (χ4n) is 1.53. The minimum Gasteiger partial charge on any atom is -0.393 e. The largest absolute Gasteiger partial charge is 0.393 e. The van der Waals surface area contributed by atoms with Gasteiger partial charge in [-0.3, -0.25) is 0 Å². The van der Waals surface area contributed by atoms with E-state index in [1.54, 1.807) is 6.92 Å². The molecule has 3 N–H and O–H groups in total. The molecule has 4 nitrogen and oxygen atoms in total. The van der Waals surface area contributed by atoms with Gasteiger partial charge >= 0.3 is 0 Å². The summed E-state index contributed by atoms with van der Waals surface area (Å²) >= 11 is 0. The van der Waals surface area contributed by atoms with Crippen LogP contribution < -0.4 is 0 Å². The number of hydrogen-bond acceptors (Lipinski definition) is 4. The molecule has 0 bridgehead atoms. The van der Waals surface area contributed by atoms with Crippen molar-refractivity contribution in [3.05, 3.63) is 0 Å². The Morgan fingerprint density at radius 2 is 1.75 bits per heavy atom. The van der Waals surface area contributed by atoms with E-state index in [1.165, 1.54) is 0 Å². The maximum atomic E-state index is 10.4. The molecule has 2 unspecified atom stereocenters. The second kappa shape index (κ2) is 3.12. The number of aliphatic hydroxyl groups excluding tert-OH is 2. The van der Waals surface area contributed by atoms with Crippen molar-refractivity contribution in [3.63, 3.8) is 0 Å². The first-order valence-corrected chi connectivity index (χ1v) is 4.03. The summed E-state index contributed by atoms with van der Waals surface area (Å²) in [6, 6.07) is 0. The van der Waals surface area contributed by atoms with E-state index in [-0.39, 0.29) is 18.8 Å². The van der Waals surface area contributed by atoms with E-state index in [9.17, 15) is 20.1 Å². The van der Waals surface area contributed by atoms with Crippen molar-refractivity contribution in [2.45, 2.75) is 37.6 Å². The topological polar surface area (TPSA) is 77.8 Å². The van der Waals surface area contributed by atoms with Crippen molar-refractivity contribution in [2.24, 2.45) is 5.92 Å². The zero-order valence-electron chi connectivity index (χ0n) is 6.97. The molecule has 1 aliphatic rings. The van der Waals surface area contributed by atoms with E-state index in [0.29, 0.717) is 6.29 Å². The highest BCUT2D eigenvalue weighted by Gasteiger charge is 2.41. The van der Waals surface area contributed by atoms with Crippen LogP contribution in [0, 0.1) is 5.92 Å². The Morgan fingerprint density at radius 1 is 1.33 bits per heavy atom. The summed E-state index contributed by atoms with van der Waals surface area (Å²) in [5.41, 5.74) is -1.54. The lowest BCUT2D eigenvalue weighted by atomic mass is 9.76. The average molecular weight is 174 g/mol. The van der Waals surface area contributed by atoms with Gasteiger partial charge in [0.2, 0.25) is 0 Å². The van der Waals surface area contributed by atoms with Crippen LogP contribution in [0.1, 0.15) is 19.8 Å². The van der Waals surface area contributed by atoms with Crippen molar-refractivity contribution < 1.29 is 20.1 Å². The van der Waals surface area contributed by atoms with Crippen molar-refractivity contribution >= 4 is 6.29 Å². The highest BCUT2D eigenvalue weighted by molar-refractivity contribution is 5.62. The minimum absolute atomic E-state index is 0.0225. The molecule has 1 fully saturated rings. The number of aliphatic hydroxyl groups is 3. The van der Waals surface area contributed by atoms with Crippen LogP contribution >= 0.6 is 0 Å². The SMILES string of the molecule is CC1C(O)CC(O)(C=O)CC1O. The second-order valence-corrected chi connectivity index (χ2v) is 3.62. The van der Waals surface area contributed by atoms with Crippen LogP contribution in [0.3, 0.4) is 0 Å². The van der Waals surface area contributed by atoms with Crippen molar-refractivity contribution in [3.8, 4) is 0 Å². The molecule has 70 valence electrons. The van der Waals surface area contributed by atoms with Crippen LogP contribution in [0.5, 0.6) is 0 Å². The van der Waals surface area contributed by atoms with Gasteiger partial charge in [0, 0.05) is 18.8 Å². The van der Waals surface area contributed by atoms with Gasteiger partial charge in [-0.05, 0) is 0 Å². The van der Waals surface area contributed by atoms with Gasteiger partial charge in [-0.25, -0.2) is 0 Å². The summed E-state index contributed by atoms with van der Waals surface area (Å²) < 4.78 is 0. The third-order valence-electron chi connectivity index (χ3n) is 2.56. The Balaban J connectivity index is 2.71. The Morgan fingerprint density at radius 3 is 2.08 bits per heavy atom. The molecule has 12 heavy (non-hydrogen) atoms. The Labute approximate surface area is 70.8 Å². The maximum Gasteiger partial charge on any atom is 0.151 e. The summed E-state index contributed by atoms with van der Waals surface area (Å²) in [6.45, 7) is 1.69. The monoisotopic (exact) mass is 174 g/mol. The summed E-state index contributed by atoms with van der Waals surface area (Å²) in [4.78, 5) is 10.4. The van der Waals surface area contributed by atoms with Gasteiger partial charge in [-0.1, -0.05) is 6.92 Å². The Hall–Kier alpha value is -0.450. The molecule has 1 saturated carbocycles. The maximum absolute atomic E-state index is 10.4. The molecule has 0 aromatic carbocycles. The van der Waals surface area contributed by atoms with E-state index < -0.39 is 17.8 Å². The lowest BCUT2D eigenvalue weighted by molar-refractivity contribution is -0.146. The van der Waals surface area contributed by atoms with Gasteiger partial charge in [0.05, 0.1) is 12.2 Å². The van der Waals surface area contributed by atoms with Gasteiger partial charge in [-0.2, -0.15) is 0 Å². The van der Waals surface area contributed by atoms with Crippen LogP contribution in [0.15, 0.2) is 0 Å². The highest BCUT2D eigenvalue weighted by Crippen LogP contribution is 2.30. The zero-order chi connectivity index (χ0) is 9.35. The van der Waals surface area contributed by atoms with E-state index >= 15 is 0 Å². The molecule has 0 spiro atoms. The molecule has 0 heterocycles. The molecule has 0 aliphatic heterocycles. The van der Waals surface area contributed by atoms with Crippen molar-refractivity contribution in [2.75, 3.05) is 0 Å². The number of rotatable bonds is 1. The predicted molar refractivity (Wildman–Crippen MR) is 41.4 cm³/mol. The van der Waals surface area contributed by atoms with E-state index in [0.717, 1.165) is 0 Å². The fourth-order valence-corrected chi connectivity index (χ4v) is 1.53. The van der Waals surface area contributed by atoms with E-state index in [4.69, 9.17) is 0 Å². The van der Waals surface area contributed by atoms with E-state index in [2.05, 4.69) is 0 Å². The molecule has 4 heteroatoms. The third kappa shape index (κ3) is 1.65. The highest BCUT2D eigenvalue weighted by atomic mass is 16.3. The summed E-state index contributed by atoms with van der Waals surface area (Å²) in [5, 5.41) is 28.1. The third-order valence-corrected chi connectivity index (χ3v) is 2.56. The van der Waals surface area contributed by atoms with Crippen LogP contribution in [0.25, 0.3) is 0 Å². The van der Waals surface area contributed by atoms with E-state index in [1.807, 2.05) is 0 Å². The van der Waals surface area contributed by atoms with Gasteiger partial charge in [-0.15, -0.1) is 0 Å². The molecule has 0 aromatic rings. The number of hydrogen-bond donors (Lipinski definition) is 3. The first kappa shape index (κ1) is 9.64. The molecular formula is C8H14O4. The van der Waals surface area contributed by atoms with Crippen LogP contribution in [0.4, 0.5) is 0 Å². The summed E-state index contributed by atoms with van der Waals surface area (Å²) in [6.07, 6.45) is -1.16. The minimum atomic E-state index is -1.54. The van der Waals surface area contributed by atoms with Gasteiger partial charge in [0.15, 0.2) is 6.29 Å². The van der Waals surface area contributed by atoms with Crippen molar-refractivity contribution in [1.29, 1.82) is 0 Å². The predicted octanol–water partition coefficient (Wildman–Crippen LogP) is -0.932. The first-order chi connectivity index (χ1) is 5.48. The van der Waals surface area contributed by atoms with Gasteiger partial charge < -0.3 is 20.1 Å². The number of carbonyl (C=O) groups is 1. The molecular weight excluding hydrogens is 160 g/mol. The van der Waals surface area contributed by atoms with Crippen molar-refractivity contribution in [1.82, 2.24) is 0 Å². The molecule has 1 aliphatic carbocycles. The molecule has 0 amide bonds. The smallest absolute Gasteiger partial charge is 0.151 e. The van der Waals surface area contributed by atoms with Crippen LogP contribution in [-0.4, -0.2) is 39.4 Å². The Kier molecular flexibility index (Phi) is 2.51. The van der Waals surface area contributed by atoms with Gasteiger partial charge in [0.1, 0.15) is 5.60 Å². The Bertz CT molecular complexity index is 168. The number of aldehydes is 1. The molecule has 0 radical (unpaired) electrons. The normalized spacial score (nSPS) is 48.8. The van der Waals surface area contributed by atoms with Gasteiger partial charge in [0.25, 0.3) is 0 Å². The summed E-state index contributed by atoms with van der Waals surface area (Å²) in [7, 11) is 0. The number of carbonyl (C=O) groups excluding carboxylic acids is 1. The first-order valence-electron chi connectivity index (χ1n) is 4.03. The lowest BCUT2D eigenvalue weighted by Crippen LogP contribution is -2.49. The summed E-state index contributed by atoms with van der Waals surface area (Å²) in [5.74, 6) is -0.273. The average Bonchev–Trinajstić information content (AvgIpc) is 2.00. The molecule has 1 rings (SSSR count). The molecule has 0 aromatic heterocycles.